The summed E-state index contributed by atoms with van der Waals surface area (Å²) in [5.74, 6) is -0.552. The number of nitrogens with one attached hydrogen (secondary N) is 2. The Kier molecular flexibility index (Phi) is 7.04. The number of hydrogen-bond donors (Lipinski definition) is 2. The van der Waals surface area contributed by atoms with E-state index in [9.17, 15) is 18.0 Å². The van der Waals surface area contributed by atoms with Gasteiger partial charge in [-0.1, -0.05) is 24.7 Å². The maximum Gasteiger partial charge on any atom is 0.257 e. The maximum absolute atomic E-state index is 12.6. The third kappa shape index (κ3) is 5.46. The second-order valence-corrected chi connectivity index (χ2v) is 10.1. The Bertz CT molecular complexity index is 1200. The second-order valence-electron chi connectivity index (χ2n) is 7.04. The molecular formula is C21H24N4O4S2. The molecule has 0 atom stereocenters. The molecule has 31 heavy (non-hydrogen) atoms. The van der Waals surface area contributed by atoms with E-state index in [1.807, 2.05) is 6.92 Å². The second kappa shape index (κ2) is 9.54. The van der Waals surface area contributed by atoms with Gasteiger partial charge in [-0.3, -0.25) is 14.9 Å². The lowest BCUT2D eigenvalue weighted by Crippen LogP contribution is -2.28. The normalized spacial score (nSPS) is 11.6. The van der Waals surface area contributed by atoms with Crippen molar-refractivity contribution in [1.29, 1.82) is 0 Å². The van der Waals surface area contributed by atoms with Crippen LogP contribution in [0.4, 0.5) is 10.8 Å². The molecule has 2 amide bonds. The lowest BCUT2D eigenvalue weighted by atomic mass is 10.2. The predicted molar refractivity (Wildman–Crippen MR) is 123 cm³/mol. The molecule has 0 saturated carbocycles. The summed E-state index contributed by atoms with van der Waals surface area (Å²) in [6.07, 6.45) is 1.68. The summed E-state index contributed by atoms with van der Waals surface area (Å²) in [7, 11) is -2.03. The number of carbonyl (C=O) groups is 2. The van der Waals surface area contributed by atoms with Gasteiger partial charge in [0.2, 0.25) is 15.9 Å². The monoisotopic (exact) mass is 460 g/mol. The molecule has 164 valence electrons. The molecule has 0 spiro atoms. The minimum absolute atomic E-state index is 0.146. The van der Waals surface area contributed by atoms with Gasteiger partial charge in [-0.05, 0) is 48.9 Å². The van der Waals surface area contributed by atoms with Crippen LogP contribution < -0.4 is 10.6 Å². The number of carbonyl (C=O) groups excluding carboxylic acids is 2. The van der Waals surface area contributed by atoms with E-state index in [-0.39, 0.29) is 16.7 Å². The quantitative estimate of drug-likeness (QED) is 0.529. The molecule has 0 radical (unpaired) electrons. The van der Waals surface area contributed by atoms with Crippen LogP contribution in [0, 0.1) is 0 Å². The fourth-order valence-corrected chi connectivity index (χ4v) is 5.00. The predicted octanol–water partition coefficient (Wildman–Crippen LogP) is 3.93. The molecule has 8 nitrogen and oxygen atoms in total. The van der Waals surface area contributed by atoms with Crippen molar-refractivity contribution in [2.75, 3.05) is 24.2 Å². The molecule has 1 aromatic heterocycles. The summed E-state index contributed by atoms with van der Waals surface area (Å²) in [6.45, 7) is 3.88. The van der Waals surface area contributed by atoms with Crippen LogP contribution in [0.25, 0.3) is 10.2 Å². The van der Waals surface area contributed by atoms with E-state index < -0.39 is 10.0 Å². The molecule has 3 aromatic rings. The number of sulfonamides is 1. The zero-order valence-electron chi connectivity index (χ0n) is 17.5. The average molecular weight is 461 g/mol. The van der Waals surface area contributed by atoms with Crippen molar-refractivity contribution in [3.63, 3.8) is 0 Å². The maximum atomic E-state index is 12.6. The van der Waals surface area contributed by atoms with Gasteiger partial charge < -0.3 is 5.32 Å². The number of amides is 2. The Labute approximate surface area is 185 Å². The summed E-state index contributed by atoms with van der Waals surface area (Å²) >= 11 is 1.28. The molecular weight excluding hydrogens is 436 g/mol. The number of aromatic nitrogens is 1. The minimum atomic E-state index is -3.58. The Morgan fingerprint density at radius 1 is 1.10 bits per heavy atom. The van der Waals surface area contributed by atoms with Gasteiger partial charge in [-0.15, -0.1) is 0 Å². The van der Waals surface area contributed by atoms with Gasteiger partial charge in [0, 0.05) is 31.8 Å². The van der Waals surface area contributed by atoms with Gasteiger partial charge in [-0.25, -0.2) is 17.7 Å². The average Bonchev–Trinajstić information content (AvgIpc) is 3.12. The van der Waals surface area contributed by atoms with Crippen LogP contribution in [-0.4, -0.2) is 43.1 Å². The van der Waals surface area contributed by atoms with Crippen molar-refractivity contribution < 1.29 is 18.0 Å². The number of fused-ring (bicyclic) bond motifs is 1. The minimum Gasteiger partial charge on any atom is -0.326 e. The van der Waals surface area contributed by atoms with Gasteiger partial charge in [0.25, 0.3) is 5.91 Å². The van der Waals surface area contributed by atoms with Crippen molar-refractivity contribution in [3.8, 4) is 0 Å². The molecule has 3 rings (SSSR count). The zero-order chi connectivity index (χ0) is 22.6. The van der Waals surface area contributed by atoms with Gasteiger partial charge in [0.05, 0.1) is 15.1 Å². The third-order valence-electron chi connectivity index (χ3n) is 4.58. The van der Waals surface area contributed by atoms with Crippen LogP contribution in [-0.2, 0) is 14.8 Å². The first-order valence-corrected chi connectivity index (χ1v) is 12.0. The van der Waals surface area contributed by atoms with Crippen LogP contribution in [0.3, 0.4) is 0 Å². The number of anilines is 2. The first kappa shape index (κ1) is 22.9. The van der Waals surface area contributed by atoms with Gasteiger partial charge in [0.15, 0.2) is 5.13 Å². The molecule has 0 bridgehead atoms. The van der Waals surface area contributed by atoms with Crippen molar-refractivity contribution in [2.24, 2.45) is 0 Å². The van der Waals surface area contributed by atoms with Crippen LogP contribution >= 0.6 is 11.3 Å². The first-order chi connectivity index (χ1) is 14.7. The smallest absolute Gasteiger partial charge is 0.257 e. The van der Waals surface area contributed by atoms with Gasteiger partial charge in [0.1, 0.15) is 0 Å². The summed E-state index contributed by atoms with van der Waals surface area (Å²) < 4.78 is 27.3. The van der Waals surface area contributed by atoms with E-state index in [2.05, 4.69) is 15.6 Å². The molecule has 0 aliphatic heterocycles. The molecule has 0 aliphatic carbocycles. The Morgan fingerprint density at radius 3 is 2.45 bits per heavy atom. The van der Waals surface area contributed by atoms with Crippen LogP contribution in [0.15, 0.2) is 47.4 Å². The van der Waals surface area contributed by atoms with E-state index in [4.69, 9.17) is 0 Å². The van der Waals surface area contributed by atoms with Gasteiger partial charge in [-0.2, -0.15) is 0 Å². The van der Waals surface area contributed by atoms with E-state index >= 15 is 0 Å². The van der Waals surface area contributed by atoms with Gasteiger partial charge >= 0.3 is 0 Å². The topological polar surface area (TPSA) is 108 Å². The Morgan fingerprint density at radius 2 is 1.81 bits per heavy atom. The molecule has 1 heterocycles. The summed E-state index contributed by atoms with van der Waals surface area (Å²) in [6, 6.07) is 11.1. The largest absolute Gasteiger partial charge is 0.326 e. The van der Waals surface area contributed by atoms with Crippen LogP contribution in [0.2, 0.25) is 0 Å². The summed E-state index contributed by atoms with van der Waals surface area (Å²) in [5.41, 5.74) is 1.68. The number of benzene rings is 2. The molecule has 2 N–H and O–H groups in total. The zero-order valence-corrected chi connectivity index (χ0v) is 19.1. The number of rotatable bonds is 8. The highest BCUT2D eigenvalue weighted by Gasteiger charge is 2.20. The van der Waals surface area contributed by atoms with Crippen molar-refractivity contribution in [3.05, 3.63) is 48.0 Å². The molecule has 0 fully saturated rings. The number of hydrogen-bond acceptors (Lipinski definition) is 6. The Hall–Kier alpha value is -2.82. The van der Waals surface area contributed by atoms with Crippen molar-refractivity contribution in [2.45, 2.75) is 31.6 Å². The first-order valence-electron chi connectivity index (χ1n) is 9.76. The number of thiazole rings is 1. The fraction of sp³-hybridized carbons (Fsp3) is 0.286. The fourth-order valence-electron chi connectivity index (χ4n) is 2.89. The number of unbranched alkanes of at least 4 members (excludes halogenated alkanes) is 1. The lowest BCUT2D eigenvalue weighted by Gasteiger charge is -2.16. The lowest BCUT2D eigenvalue weighted by molar-refractivity contribution is -0.114. The van der Waals surface area contributed by atoms with E-state index in [0.717, 1.165) is 17.5 Å². The van der Waals surface area contributed by atoms with Crippen LogP contribution in [0.1, 0.15) is 37.0 Å². The van der Waals surface area contributed by atoms with Crippen LogP contribution in [0.5, 0.6) is 0 Å². The highest BCUT2D eigenvalue weighted by atomic mass is 32.2. The van der Waals surface area contributed by atoms with E-state index in [1.54, 1.807) is 25.2 Å². The number of nitrogens with zero attached hydrogens (tertiary/aromatic N) is 2. The Balaban J connectivity index is 1.72. The molecule has 10 heteroatoms. The molecule has 0 aliphatic rings. The standard InChI is InChI=1S/C21H24N4O4S2/c1-4-5-12-25(3)31(28,29)17-9-6-15(7-10-17)20(27)24-21-23-18-11-8-16(22-14(2)26)13-19(18)30-21/h6-11,13H,4-5,12H2,1-3H3,(H,22,26)(H,23,24,27). The SMILES string of the molecule is CCCCN(C)S(=O)(=O)c1ccc(C(=O)Nc2nc3ccc(NC(C)=O)cc3s2)cc1. The highest BCUT2D eigenvalue weighted by molar-refractivity contribution is 7.89. The highest BCUT2D eigenvalue weighted by Crippen LogP contribution is 2.29. The summed E-state index contributed by atoms with van der Waals surface area (Å²) in [5, 5.41) is 5.86. The van der Waals surface area contributed by atoms with E-state index in [1.165, 1.54) is 46.8 Å². The molecule has 0 unspecified atom stereocenters. The molecule has 0 saturated heterocycles. The van der Waals surface area contributed by atoms with Crippen molar-refractivity contribution >= 4 is 54.2 Å². The van der Waals surface area contributed by atoms with E-state index in [0.29, 0.717) is 28.4 Å². The third-order valence-corrected chi connectivity index (χ3v) is 7.39. The summed E-state index contributed by atoms with van der Waals surface area (Å²) in [4.78, 5) is 28.3. The molecule has 2 aromatic carbocycles. The van der Waals surface area contributed by atoms with Crippen molar-refractivity contribution in [1.82, 2.24) is 9.29 Å².